The zero-order valence-corrected chi connectivity index (χ0v) is 14.7. The molecule has 2 aliphatic rings. The summed E-state index contributed by atoms with van der Waals surface area (Å²) < 4.78 is 5.37. The predicted molar refractivity (Wildman–Crippen MR) is 95.0 cm³/mol. The molecule has 3 aromatic heterocycles. The van der Waals surface area contributed by atoms with Crippen molar-refractivity contribution in [3.05, 3.63) is 41.0 Å². The van der Waals surface area contributed by atoms with Crippen molar-refractivity contribution in [2.45, 2.75) is 44.4 Å². The molecule has 4 heterocycles. The van der Waals surface area contributed by atoms with Crippen LogP contribution in [0.1, 0.15) is 64.8 Å². The molecule has 3 aromatic rings. The van der Waals surface area contributed by atoms with Crippen molar-refractivity contribution >= 4 is 17.0 Å². The highest BCUT2D eigenvalue weighted by Crippen LogP contribution is 2.40. The number of pyridine rings is 1. The Labute approximate surface area is 150 Å². The van der Waals surface area contributed by atoms with Gasteiger partial charge in [-0.3, -0.25) is 9.89 Å². The van der Waals surface area contributed by atoms with Gasteiger partial charge in [-0.1, -0.05) is 5.16 Å². The zero-order chi connectivity index (χ0) is 17.7. The SMILES string of the molecule is Cc1noc2nc(C3CC3)cc(C(=O)N3CCC(c4cn[nH]c4)CC3)c12. The summed E-state index contributed by atoms with van der Waals surface area (Å²) in [4.78, 5) is 19.8. The number of H-pyrrole nitrogens is 1. The molecule has 1 amide bonds. The summed E-state index contributed by atoms with van der Waals surface area (Å²) in [6.45, 7) is 3.37. The molecule has 0 unspecified atom stereocenters. The summed E-state index contributed by atoms with van der Waals surface area (Å²) in [7, 11) is 0. The average Bonchev–Trinajstić information content (AvgIpc) is 3.25. The van der Waals surface area contributed by atoms with Crippen LogP contribution in [0.5, 0.6) is 0 Å². The Balaban J connectivity index is 1.42. The lowest BCUT2D eigenvalue weighted by Gasteiger charge is -2.31. The molecule has 0 aromatic carbocycles. The van der Waals surface area contributed by atoms with Crippen LogP contribution < -0.4 is 0 Å². The van der Waals surface area contributed by atoms with Crippen LogP contribution in [0.15, 0.2) is 23.0 Å². The van der Waals surface area contributed by atoms with E-state index in [4.69, 9.17) is 4.52 Å². The Morgan fingerprint density at radius 2 is 2.04 bits per heavy atom. The van der Waals surface area contributed by atoms with Gasteiger partial charge in [0.25, 0.3) is 11.6 Å². The second-order valence-electron chi connectivity index (χ2n) is 7.42. The van der Waals surface area contributed by atoms with E-state index >= 15 is 0 Å². The van der Waals surface area contributed by atoms with E-state index < -0.39 is 0 Å². The number of nitrogens with one attached hydrogen (secondary N) is 1. The molecule has 26 heavy (non-hydrogen) atoms. The number of nitrogens with zero attached hydrogens (tertiary/aromatic N) is 4. The van der Waals surface area contributed by atoms with Crippen molar-refractivity contribution < 1.29 is 9.32 Å². The van der Waals surface area contributed by atoms with Gasteiger partial charge in [0.1, 0.15) is 0 Å². The summed E-state index contributed by atoms with van der Waals surface area (Å²) >= 11 is 0. The molecule has 1 saturated carbocycles. The van der Waals surface area contributed by atoms with Crippen LogP contribution in [0.25, 0.3) is 11.1 Å². The van der Waals surface area contributed by atoms with E-state index in [1.165, 1.54) is 5.56 Å². The molecule has 2 fully saturated rings. The van der Waals surface area contributed by atoms with Gasteiger partial charge in [0, 0.05) is 30.9 Å². The van der Waals surface area contributed by atoms with Crippen LogP contribution >= 0.6 is 0 Å². The number of hydrogen-bond acceptors (Lipinski definition) is 5. The lowest BCUT2D eigenvalue weighted by atomic mass is 9.91. The second-order valence-corrected chi connectivity index (χ2v) is 7.42. The molecule has 0 bridgehead atoms. The quantitative estimate of drug-likeness (QED) is 0.783. The number of rotatable bonds is 3. The van der Waals surface area contributed by atoms with Crippen LogP contribution in [0.2, 0.25) is 0 Å². The molecule has 134 valence electrons. The van der Waals surface area contributed by atoms with Gasteiger partial charge in [-0.05, 0) is 50.2 Å². The maximum Gasteiger partial charge on any atom is 0.259 e. The average molecular weight is 351 g/mol. The summed E-state index contributed by atoms with van der Waals surface area (Å²) in [6, 6.07) is 1.97. The molecule has 5 rings (SSSR count). The number of aromatic amines is 1. The van der Waals surface area contributed by atoms with E-state index in [1.807, 2.05) is 30.3 Å². The normalized spacial score (nSPS) is 18.6. The van der Waals surface area contributed by atoms with Crippen molar-refractivity contribution in [1.29, 1.82) is 0 Å². The Hall–Kier alpha value is -2.70. The van der Waals surface area contributed by atoms with Crippen molar-refractivity contribution in [1.82, 2.24) is 25.2 Å². The maximum absolute atomic E-state index is 13.3. The molecule has 7 heteroatoms. The monoisotopic (exact) mass is 351 g/mol. The minimum absolute atomic E-state index is 0.0660. The largest absolute Gasteiger partial charge is 0.339 e. The maximum atomic E-state index is 13.3. The minimum atomic E-state index is 0.0660. The number of piperidine rings is 1. The molecule has 0 radical (unpaired) electrons. The van der Waals surface area contributed by atoms with Gasteiger partial charge >= 0.3 is 0 Å². The van der Waals surface area contributed by atoms with Gasteiger partial charge in [0.05, 0.1) is 22.8 Å². The Morgan fingerprint density at radius 1 is 1.23 bits per heavy atom. The lowest BCUT2D eigenvalue weighted by Crippen LogP contribution is -2.38. The number of amides is 1. The molecule has 1 N–H and O–H groups in total. The summed E-state index contributed by atoms with van der Waals surface area (Å²) in [5.74, 6) is 0.994. The molecule has 1 aliphatic heterocycles. The zero-order valence-electron chi connectivity index (χ0n) is 14.7. The number of fused-ring (bicyclic) bond motifs is 1. The summed E-state index contributed by atoms with van der Waals surface area (Å²) in [6.07, 6.45) is 8.02. The molecular weight excluding hydrogens is 330 g/mol. The van der Waals surface area contributed by atoms with Gasteiger partial charge in [-0.15, -0.1) is 0 Å². The smallest absolute Gasteiger partial charge is 0.259 e. The Bertz CT molecular complexity index is 950. The minimum Gasteiger partial charge on any atom is -0.339 e. The van der Waals surface area contributed by atoms with Gasteiger partial charge in [-0.2, -0.15) is 5.10 Å². The fraction of sp³-hybridized carbons (Fsp3) is 0.474. The number of hydrogen-bond donors (Lipinski definition) is 1. The summed E-state index contributed by atoms with van der Waals surface area (Å²) in [5, 5.41) is 11.7. The van der Waals surface area contributed by atoms with Gasteiger partial charge in [-0.25, -0.2) is 4.98 Å². The lowest BCUT2D eigenvalue weighted by molar-refractivity contribution is 0.0714. The van der Waals surface area contributed by atoms with Crippen molar-refractivity contribution in [2.75, 3.05) is 13.1 Å². The first-order valence-electron chi connectivity index (χ1n) is 9.25. The number of likely N-dealkylation sites (tertiary alicyclic amines) is 1. The third-order valence-electron chi connectivity index (χ3n) is 5.64. The van der Waals surface area contributed by atoms with Crippen LogP contribution in [0, 0.1) is 6.92 Å². The fourth-order valence-corrected chi connectivity index (χ4v) is 3.94. The fourth-order valence-electron chi connectivity index (χ4n) is 3.94. The highest BCUT2D eigenvalue weighted by atomic mass is 16.5. The third kappa shape index (κ3) is 2.58. The number of carbonyl (C=O) groups excluding carboxylic acids is 1. The topological polar surface area (TPSA) is 87.9 Å². The van der Waals surface area contributed by atoms with E-state index in [9.17, 15) is 4.79 Å². The van der Waals surface area contributed by atoms with Crippen LogP contribution in [-0.4, -0.2) is 44.2 Å². The molecule has 1 saturated heterocycles. The first-order valence-corrected chi connectivity index (χ1v) is 9.25. The Kier molecular flexibility index (Phi) is 3.55. The standard InChI is InChI=1S/C19H21N5O2/c1-11-17-15(8-16(13-2-3-13)22-18(17)26-23-11)19(25)24-6-4-12(5-7-24)14-9-20-21-10-14/h8-10,12-13H,2-7H2,1H3,(H,20,21). The molecule has 1 aliphatic carbocycles. The highest BCUT2D eigenvalue weighted by molar-refractivity contribution is 6.06. The van der Waals surface area contributed by atoms with E-state index in [-0.39, 0.29) is 5.91 Å². The van der Waals surface area contributed by atoms with Gasteiger partial charge in [0.15, 0.2) is 0 Å². The Morgan fingerprint density at radius 3 is 2.73 bits per heavy atom. The van der Waals surface area contributed by atoms with Crippen LogP contribution in [-0.2, 0) is 0 Å². The van der Waals surface area contributed by atoms with Crippen molar-refractivity contribution in [3.63, 3.8) is 0 Å². The van der Waals surface area contributed by atoms with Gasteiger partial charge < -0.3 is 9.42 Å². The highest BCUT2D eigenvalue weighted by Gasteiger charge is 2.31. The first kappa shape index (κ1) is 15.5. The van der Waals surface area contributed by atoms with Gasteiger partial charge in [0.2, 0.25) is 0 Å². The number of aryl methyl sites for hydroxylation is 1. The molecule has 0 atom stereocenters. The molecular formula is C19H21N5O2. The summed E-state index contributed by atoms with van der Waals surface area (Å²) in [5.41, 5.74) is 4.10. The second kappa shape index (κ2) is 5.93. The molecule has 7 nitrogen and oxygen atoms in total. The van der Waals surface area contributed by atoms with E-state index in [0.717, 1.165) is 55.5 Å². The van der Waals surface area contributed by atoms with E-state index in [1.54, 1.807) is 0 Å². The van der Waals surface area contributed by atoms with Crippen molar-refractivity contribution in [2.24, 2.45) is 0 Å². The van der Waals surface area contributed by atoms with E-state index in [0.29, 0.717) is 23.1 Å². The predicted octanol–water partition coefficient (Wildman–Crippen LogP) is 3.15. The number of aromatic nitrogens is 4. The van der Waals surface area contributed by atoms with Crippen LogP contribution in [0.4, 0.5) is 0 Å². The first-order chi connectivity index (χ1) is 12.7. The van der Waals surface area contributed by atoms with E-state index in [2.05, 4.69) is 20.3 Å². The molecule has 0 spiro atoms. The third-order valence-corrected chi connectivity index (χ3v) is 5.64. The number of carbonyl (C=O) groups is 1. The van der Waals surface area contributed by atoms with Crippen molar-refractivity contribution in [3.8, 4) is 0 Å². The van der Waals surface area contributed by atoms with Crippen LogP contribution in [0.3, 0.4) is 0 Å².